The maximum Gasteiger partial charge on any atom is 0.349 e. The van der Waals surface area contributed by atoms with Gasteiger partial charge >= 0.3 is 5.97 Å². The molecular formula is C25H26O3. The van der Waals surface area contributed by atoms with Gasteiger partial charge in [0, 0.05) is 5.56 Å². The number of hydrogen-bond acceptors (Lipinski definition) is 3. The first-order chi connectivity index (χ1) is 13.3. The molecule has 0 heterocycles. The van der Waals surface area contributed by atoms with E-state index >= 15 is 0 Å². The van der Waals surface area contributed by atoms with Gasteiger partial charge in [-0.25, -0.2) is 4.79 Å². The highest BCUT2D eigenvalue weighted by Crippen LogP contribution is 2.31. The molecule has 0 aliphatic carbocycles. The average Bonchev–Trinajstić information content (AvgIpc) is 2.67. The minimum atomic E-state index is -0.417. The lowest BCUT2D eigenvalue weighted by Gasteiger charge is -2.22. The van der Waals surface area contributed by atoms with Crippen LogP contribution in [0.2, 0.25) is 0 Å². The molecule has 0 amide bonds. The molecule has 3 heteroatoms. The van der Waals surface area contributed by atoms with Crippen LogP contribution in [0.5, 0.6) is 11.5 Å². The van der Waals surface area contributed by atoms with Crippen LogP contribution in [0, 0.1) is 6.92 Å². The number of carbonyl (C=O) groups excluding carboxylic acids is 1. The van der Waals surface area contributed by atoms with Crippen molar-refractivity contribution in [3.8, 4) is 22.6 Å². The van der Waals surface area contributed by atoms with Crippen molar-refractivity contribution in [3.05, 3.63) is 83.9 Å². The first-order valence-electron chi connectivity index (χ1n) is 9.43. The highest BCUT2D eigenvalue weighted by atomic mass is 16.6. The second-order valence-electron chi connectivity index (χ2n) is 7.90. The Labute approximate surface area is 166 Å². The summed E-state index contributed by atoms with van der Waals surface area (Å²) in [7, 11) is 0. The second-order valence-corrected chi connectivity index (χ2v) is 7.90. The summed E-state index contributed by atoms with van der Waals surface area (Å²) >= 11 is 0. The van der Waals surface area contributed by atoms with Gasteiger partial charge in [-0.05, 0) is 41.7 Å². The molecule has 0 saturated heterocycles. The molecule has 28 heavy (non-hydrogen) atoms. The Kier molecular flexibility index (Phi) is 5.84. The zero-order valence-corrected chi connectivity index (χ0v) is 16.9. The third-order valence-electron chi connectivity index (χ3n) is 4.51. The number of aryl methyl sites for hydroxylation is 1. The number of ether oxygens (including phenoxy) is 2. The van der Waals surface area contributed by atoms with Gasteiger partial charge in [0.15, 0.2) is 6.61 Å². The Morgan fingerprint density at radius 3 is 2.00 bits per heavy atom. The maximum absolute atomic E-state index is 12.2. The quantitative estimate of drug-likeness (QED) is 0.409. The van der Waals surface area contributed by atoms with Crippen LogP contribution in [0.3, 0.4) is 0 Å². The van der Waals surface area contributed by atoms with E-state index in [1.54, 1.807) is 0 Å². The monoisotopic (exact) mass is 374 g/mol. The largest absolute Gasteiger partial charge is 0.482 e. The van der Waals surface area contributed by atoms with Crippen LogP contribution in [0.15, 0.2) is 72.8 Å². The van der Waals surface area contributed by atoms with Crippen molar-refractivity contribution in [1.29, 1.82) is 0 Å². The summed E-state index contributed by atoms with van der Waals surface area (Å²) in [4.78, 5) is 12.2. The van der Waals surface area contributed by atoms with Gasteiger partial charge in [0.25, 0.3) is 0 Å². The van der Waals surface area contributed by atoms with E-state index in [9.17, 15) is 4.79 Å². The van der Waals surface area contributed by atoms with Gasteiger partial charge in [-0.15, -0.1) is 0 Å². The molecule has 0 aliphatic rings. The number of para-hydroxylation sites is 1. The van der Waals surface area contributed by atoms with E-state index in [2.05, 4.69) is 52.0 Å². The molecule has 3 nitrogen and oxygen atoms in total. The van der Waals surface area contributed by atoms with E-state index < -0.39 is 5.97 Å². The molecule has 0 bridgehead atoms. The van der Waals surface area contributed by atoms with Gasteiger partial charge in [0.2, 0.25) is 0 Å². The van der Waals surface area contributed by atoms with Crippen LogP contribution in [-0.2, 0) is 10.2 Å². The Hall–Kier alpha value is -3.07. The van der Waals surface area contributed by atoms with Gasteiger partial charge in [0.05, 0.1) is 0 Å². The van der Waals surface area contributed by atoms with Crippen LogP contribution in [0.4, 0.5) is 0 Å². The molecule has 3 aromatic carbocycles. The molecule has 3 rings (SSSR count). The normalized spacial score (nSPS) is 11.1. The van der Waals surface area contributed by atoms with Crippen molar-refractivity contribution < 1.29 is 14.3 Å². The molecule has 0 atom stereocenters. The molecule has 144 valence electrons. The summed E-state index contributed by atoms with van der Waals surface area (Å²) in [5.41, 5.74) is 4.37. The Bertz CT molecular complexity index is 933. The molecule has 0 spiro atoms. The van der Waals surface area contributed by atoms with Gasteiger partial charge in [-0.2, -0.15) is 0 Å². The van der Waals surface area contributed by atoms with Crippen molar-refractivity contribution in [2.75, 3.05) is 6.61 Å². The Morgan fingerprint density at radius 1 is 0.821 bits per heavy atom. The van der Waals surface area contributed by atoms with Gasteiger partial charge < -0.3 is 9.47 Å². The van der Waals surface area contributed by atoms with Gasteiger partial charge in [-0.1, -0.05) is 80.9 Å². The van der Waals surface area contributed by atoms with E-state index in [0.29, 0.717) is 11.5 Å². The van der Waals surface area contributed by atoms with E-state index in [1.165, 1.54) is 5.56 Å². The third kappa shape index (κ3) is 5.01. The Morgan fingerprint density at radius 2 is 1.39 bits per heavy atom. The maximum atomic E-state index is 12.2. The fourth-order valence-electron chi connectivity index (χ4n) is 2.96. The molecule has 0 unspecified atom stereocenters. The molecule has 0 aromatic heterocycles. The first kappa shape index (κ1) is 19.7. The second kappa shape index (κ2) is 8.30. The Balaban J connectivity index is 1.60. The summed E-state index contributed by atoms with van der Waals surface area (Å²) in [6.07, 6.45) is 0. The van der Waals surface area contributed by atoms with Crippen LogP contribution in [0.25, 0.3) is 11.1 Å². The van der Waals surface area contributed by atoms with Crippen molar-refractivity contribution in [1.82, 2.24) is 0 Å². The number of benzene rings is 3. The van der Waals surface area contributed by atoms with E-state index in [0.717, 1.165) is 16.7 Å². The molecular weight excluding hydrogens is 348 g/mol. The molecule has 0 saturated carbocycles. The summed E-state index contributed by atoms with van der Waals surface area (Å²) in [6, 6.07) is 23.7. The number of rotatable bonds is 5. The van der Waals surface area contributed by atoms with E-state index in [-0.39, 0.29) is 12.0 Å². The summed E-state index contributed by atoms with van der Waals surface area (Å²) in [5, 5.41) is 0. The van der Waals surface area contributed by atoms with Crippen LogP contribution in [-0.4, -0.2) is 12.6 Å². The van der Waals surface area contributed by atoms with Gasteiger partial charge in [-0.3, -0.25) is 0 Å². The minimum Gasteiger partial charge on any atom is -0.482 e. The molecule has 0 aliphatic heterocycles. The summed E-state index contributed by atoms with van der Waals surface area (Å²) in [5.74, 6) is 0.801. The first-order valence-corrected chi connectivity index (χ1v) is 9.43. The number of hydrogen-bond donors (Lipinski definition) is 0. The van der Waals surface area contributed by atoms with E-state index in [1.807, 2.05) is 48.5 Å². The van der Waals surface area contributed by atoms with E-state index in [4.69, 9.17) is 9.47 Å². The zero-order chi connectivity index (χ0) is 20.1. The number of carbonyl (C=O) groups is 1. The predicted molar refractivity (Wildman–Crippen MR) is 113 cm³/mol. The lowest BCUT2D eigenvalue weighted by molar-refractivity contribution is -0.136. The summed E-state index contributed by atoms with van der Waals surface area (Å²) < 4.78 is 11.1. The lowest BCUT2D eigenvalue weighted by Crippen LogP contribution is -2.20. The average molecular weight is 374 g/mol. The SMILES string of the molecule is Cc1ccc(-c2ccc(OCC(=O)Oc3ccccc3C(C)(C)C)cc2)cc1. The molecule has 0 fully saturated rings. The highest BCUT2D eigenvalue weighted by Gasteiger charge is 2.20. The zero-order valence-electron chi connectivity index (χ0n) is 16.9. The van der Waals surface area contributed by atoms with Crippen LogP contribution in [0.1, 0.15) is 31.9 Å². The smallest absolute Gasteiger partial charge is 0.349 e. The molecule has 0 radical (unpaired) electrons. The van der Waals surface area contributed by atoms with Crippen LogP contribution >= 0.6 is 0 Å². The predicted octanol–water partition coefficient (Wildman–Crippen LogP) is 5.94. The minimum absolute atomic E-state index is 0.108. The lowest BCUT2D eigenvalue weighted by atomic mass is 9.86. The fourth-order valence-corrected chi connectivity index (χ4v) is 2.96. The third-order valence-corrected chi connectivity index (χ3v) is 4.51. The van der Waals surface area contributed by atoms with Crippen molar-refractivity contribution in [2.24, 2.45) is 0 Å². The van der Waals surface area contributed by atoms with Gasteiger partial charge in [0.1, 0.15) is 11.5 Å². The topological polar surface area (TPSA) is 35.5 Å². The standard InChI is InChI=1S/C25H26O3/c1-18-9-11-19(12-10-18)20-13-15-21(16-14-20)27-17-24(26)28-23-8-6-5-7-22(23)25(2,3)4/h5-16H,17H2,1-4H3. The highest BCUT2D eigenvalue weighted by molar-refractivity contribution is 5.74. The van der Waals surface area contributed by atoms with Crippen LogP contribution < -0.4 is 9.47 Å². The molecule has 0 N–H and O–H groups in total. The fraction of sp³-hybridized carbons (Fsp3) is 0.240. The van der Waals surface area contributed by atoms with Crippen molar-refractivity contribution >= 4 is 5.97 Å². The summed E-state index contributed by atoms with van der Waals surface area (Å²) in [6.45, 7) is 8.20. The number of esters is 1. The molecule has 3 aromatic rings. The van der Waals surface area contributed by atoms with Crippen molar-refractivity contribution in [3.63, 3.8) is 0 Å². The van der Waals surface area contributed by atoms with Crippen molar-refractivity contribution in [2.45, 2.75) is 33.1 Å².